The van der Waals surface area contributed by atoms with E-state index in [9.17, 15) is 9.59 Å². The fourth-order valence-corrected chi connectivity index (χ4v) is 4.28. The Labute approximate surface area is 193 Å². The molecule has 0 radical (unpaired) electrons. The molecule has 0 aliphatic carbocycles. The number of carbonyl (C=O) groups is 2. The van der Waals surface area contributed by atoms with Gasteiger partial charge in [-0.05, 0) is 57.9 Å². The number of rotatable bonds is 7. The summed E-state index contributed by atoms with van der Waals surface area (Å²) < 4.78 is 1.81. The molecule has 3 aromatic rings. The van der Waals surface area contributed by atoms with Crippen LogP contribution in [0.5, 0.6) is 0 Å². The van der Waals surface area contributed by atoms with Gasteiger partial charge in [0, 0.05) is 18.3 Å². The van der Waals surface area contributed by atoms with E-state index >= 15 is 0 Å². The van der Waals surface area contributed by atoms with E-state index in [2.05, 4.69) is 33.0 Å². The van der Waals surface area contributed by atoms with Gasteiger partial charge in [-0.2, -0.15) is 0 Å². The Morgan fingerprint density at radius 3 is 2.25 bits per heavy atom. The van der Waals surface area contributed by atoms with Gasteiger partial charge in [0.05, 0.1) is 11.8 Å². The van der Waals surface area contributed by atoms with Crippen LogP contribution in [0.4, 0.5) is 5.69 Å². The van der Waals surface area contributed by atoms with Gasteiger partial charge in [0.15, 0.2) is 11.0 Å². The average molecular weight is 452 g/mol. The number of aromatic nitrogens is 3. The van der Waals surface area contributed by atoms with Gasteiger partial charge in [-0.15, -0.1) is 10.2 Å². The Hall–Kier alpha value is -3.13. The van der Waals surface area contributed by atoms with Gasteiger partial charge in [-0.3, -0.25) is 9.59 Å². The van der Waals surface area contributed by atoms with Crippen LogP contribution in [0, 0.1) is 27.7 Å². The fourth-order valence-electron chi connectivity index (χ4n) is 3.56. The normalized spacial score (nSPS) is 11.8. The Balaban J connectivity index is 1.60. The highest BCUT2D eigenvalue weighted by atomic mass is 32.2. The molecule has 0 fully saturated rings. The average Bonchev–Trinajstić information content (AvgIpc) is 3.10. The molecule has 2 amide bonds. The summed E-state index contributed by atoms with van der Waals surface area (Å²) in [5.74, 6) is 0.565. The first-order valence-electron chi connectivity index (χ1n) is 10.4. The molecule has 0 aliphatic heterocycles. The summed E-state index contributed by atoms with van der Waals surface area (Å²) >= 11 is 1.31. The molecular weight excluding hydrogens is 422 g/mol. The fraction of sp³-hybridized carbons (Fsp3) is 0.333. The predicted molar refractivity (Wildman–Crippen MR) is 128 cm³/mol. The van der Waals surface area contributed by atoms with Crippen LogP contribution < -0.4 is 10.6 Å². The molecule has 2 N–H and O–H groups in total. The van der Waals surface area contributed by atoms with Gasteiger partial charge in [0.1, 0.15) is 0 Å². The molecule has 0 saturated carbocycles. The van der Waals surface area contributed by atoms with Crippen molar-refractivity contribution in [3.05, 3.63) is 70.0 Å². The highest BCUT2D eigenvalue weighted by molar-refractivity contribution is 7.99. The van der Waals surface area contributed by atoms with E-state index in [-0.39, 0.29) is 23.6 Å². The molecule has 2 aromatic carbocycles. The molecule has 0 saturated heterocycles. The van der Waals surface area contributed by atoms with Crippen molar-refractivity contribution < 1.29 is 9.59 Å². The highest BCUT2D eigenvalue weighted by Crippen LogP contribution is 2.23. The maximum Gasteiger partial charge on any atom is 0.251 e. The van der Waals surface area contributed by atoms with Crippen LogP contribution in [0.15, 0.2) is 41.6 Å². The van der Waals surface area contributed by atoms with Crippen molar-refractivity contribution >= 4 is 29.3 Å². The smallest absolute Gasteiger partial charge is 0.251 e. The van der Waals surface area contributed by atoms with Gasteiger partial charge in [0.25, 0.3) is 5.91 Å². The lowest BCUT2D eigenvalue weighted by Crippen LogP contribution is -2.28. The van der Waals surface area contributed by atoms with Crippen molar-refractivity contribution in [3.63, 3.8) is 0 Å². The maximum absolute atomic E-state index is 12.5. The number of thioether (sulfide) groups is 1. The lowest BCUT2D eigenvalue weighted by atomic mass is 10.1. The predicted octanol–water partition coefficient (Wildman–Crippen LogP) is 4.27. The van der Waals surface area contributed by atoms with Gasteiger partial charge < -0.3 is 15.2 Å². The minimum absolute atomic E-state index is 0.102. The van der Waals surface area contributed by atoms with Crippen LogP contribution in [0.1, 0.15) is 51.4 Å². The van der Waals surface area contributed by atoms with Crippen LogP contribution in [0.2, 0.25) is 0 Å². The van der Waals surface area contributed by atoms with Gasteiger partial charge in [0.2, 0.25) is 5.91 Å². The van der Waals surface area contributed by atoms with Gasteiger partial charge in [-0.25, -0.2) is 0 Å². The number of anilines is 1. The van der Waals surface area contributed by atoms with E-state index < -0.39 is 0 Å². The standard InChI is InChI=1S/C24H29N5O2S/c1-14-7-9-19(10-8-14)23(31)25-18(5)22-27-28-24(29(22)6)32-13-20(30)26-21-16(3)11-15(2)12-17(21)4/h7-12,18H,13H2,1-6H3,(H,25,31)(H,26,30)/t18-/m1/s1. The summed E-state index contributed by atoms with van der Waals surface area (Å²) in [5.41, 5.74) is 5.80. The van der Waals surface area contributed by atoms with Crippen molar-refractivity contribution in [3.8, 4) is 0 Å². The molecule has 0 spiro atoms. The van der Waals surface area contributed by atoms with E-state index in [0.29, 0.717) is 16.5 Å². The number of hydrogen-bond donors (Lipinski definition) is 2. The molecule has 1 aromatic heterocycles. The second-order valence-electron chi connectivity index (χ2n) is 8.07. The van der Waals surface area contributed by atoms with Crippen LogP contribution >= 0.6 is 11.8 Å². The third-order valence-corrected chi connectivity index (χ3v) is 6.21. The van der Waals surface area contributed by atoms with Crippen LogP contribution in [0.25, 0.3) is 0 Å². The number of carbonyl (C=O) groups excluding carboxylic acids is 2. The summed E-state index contributed by atoms with van der Waals surface area (Å²) in [6, 6.07) is 11.2. The zero-order valence-electron chi connectivity index (χ0n) is 19.3. The van der Waals surface area contributed by atoms with Crippen LogP contribution in [0.3, 0.4) is 0 Å². The number of benzene rings is 2. The second-order valence-corrected chi connectivity index (χ2v) is 9.01. The molecule has 168 valence electrons. The lowest BCUT2D eigenvalue weighted by molar-refractivity contribution is -0.113. The zero-order valence-corrected chi connectivity index (χ0v) is 20.1. The van der Waals surface area contributed by atoms with Gasteiger partial charge in [-0.1, -0.05) is 47.2 Å². The molecule has 3 rings (SSSR count). The molecule has 1 atom stereocenters. The molecule has 1 heterocycles. The lowest BCUT2D eigenvalue weighted by Gasteiger charge is -2.14. The topological polar surface area (TPSA) is 88.9 Å². The summed E-state index contributed by atoms with van der Waals surface area (Å²) in [5, 5.41) is 15.0. The first kappa shape index (κ1) is 23.5. The summed E-state index contributed by atoms with van der Waals surface area (Å²) in [6.45, 7) is 9.86. The van der Waals surface area contributed by atoms with Crippen molar-refractivity contribution in [2.45, 2.75) is 45.8 Å². The zero-order chi connectivity index (χ0) is 23.4. The molecule has 7 nitrogen and oxygen atoms in total. The van der Waals surface area contributed by atoms with Gasteiger partial charge >= 0.3 is 0 Å². The molecule has 0 unspecified atom stereocenters. The number of aryl methyl sites for hydroxylation is 4. The SMILES string of the molecule is Cc1ccc(C(=O)N[C@H](C)c2nnc(SCC(=O)Nc3c(C)cc(C)cc3C)n2C)cc1. The van der Waals surface area contributed by atoms with Crippen LogP contribution in [-0.4, -0.2) is 32.3 Å². The minimum Gasteiger partial charge on any atom is -0.342 e. The Kier molecular flexibility index (Phi) is 7.35. The first-order chi connectivity index (χ1) is 15.2. The monoisotopic (exact) mass is 451 g/mol. The summed E-state index contributed by atoms with van der Waals surface area (Å²) in [4.78, 5) is 25.0. The van der Waals surface area contributed by atoms with Crippen molar-refractivity contribution in [2.24, 2.45) is 7.05 Å². The Morgan fingerprint density at radius 2 is 1.62 bits per heavy atom. The first-order valence-corrected chi connectivity index (χ1v) is 11.4. The summed E-state index contributed by atoms with van der Waals surface area (Å²) in [6.07, 6.45) is 0. The van der Waals surface area contributed by atoms with Crippen molar-refractivity contribution in [2.75, 3.05) is 11.1 Å². The number of nitrogens with zero attached hydrogens (tertiary/aromatic N) is 3. The molecule has 8 heteroatoms. The quantitative estimate of drug-likeness (QED) is 0.524. The Bertz CT molecular complexity index is 1110. The molecular formula is C24H29N5O2S. The third-order valence-electron chi connectivity index (χ3n) is 5.19. The Morgan fingerprint density at radius 1 is 1.00 bits per heavy atom. The van der Waals surface area contributed by atoms with E-state index in [1.165, 1.54) is 17.3 Å². The number of amides is 2. The largest absolute Gasteiger partial charge is 0.342 e. The van der Waals surface area contributed by atoms with Crippen LogP contribution in [-0.2, 0) is 11.8 Å². The number of nitrogens with one attached hydrogen (secondary N) is 2. The van der Waals surface area contributed by atoms with E-state index in [0.717, 1.165) is 22.4 Å². The molecule has 0 aliphatic rings. The van der Waals surface area contributed by atoms with E-state index in [1.54, 1.807) is 16.7 Å². The summed E-state index contributed by atoms with van der Waals surface area (Å²) in [7, 11) is 1.83. The van der Waals surface area contributed by atoms with Crippen molar-refractivity contribution in [1.82, 2.24) is 20.1 Å². The maximum atomic E-state index is 12.5. The third kappa shape index (κ3) is 5.56. The highest BCUT2D eigenvalue weighted by Gasteiger charge is 2.19. The van der Waals surface area contributed by atoms with Crippen molar-refractivity contribution in [1.29, 1.82) is 0 Å². The van der Waals surface area contributed by atoms with E-state index in [1.807, 2.05) is 53.8 Å². The minimum atomic E-state index is -0.331. The molecule has 32 heavy (non-hydrogen) atoms. The van der Waals surface area contributed by atoms with E-state index in [4.69, 9.17) is 0 Å². The molecule has 0 bridgehead atoms. The number of hydrogen-bond acceptors (Lipinski definition) is 5. The second kappa shape index (κ2) is 9.99.